The van der Waals surface area contributed by atoms with E-state index in [-0.39, 0.29) is 41.6 Å². The Bertz CT molecular complexity index is 1560. The standard InChI is InChI=1S/C28H36FN7O4/c1-4-6-8-9-16-40-26(38)20-12-13-22(29)31-21(20)18-36-25(37)23-24(33(3)28(36)39)32-27(35(23)15-7-5-2)34-14-10-11-19(30)17-34/h12-13,19H,4,6,8-11,14-18,30H2,1-3H3. The molecule has 1 aliphatic heterocycles. The summed E-state index contributed by atoms with van der Waals surface area (Å²) in [5.41, 5.74) is 5.20. The number of unbranched alkanes of at least 4 members (excludes halogenated alkanes) is 3. The predicted molar refractivity (Wildman–Crippen MR) is 150 cm³/mol. The zero-order valence-electron chi connectivity index (χ0n) is 23.3. The van der Waals surface area contributed by atoms with Crippen molar-refractivity contribution in [3.63, 3.8) is 0 Å². The number of carbonyl (C=O) groups excluding carboxylic acids is 1. The number of fused-ring (bicyclic) bond motifs is 1. The Morgan fingerprint density at radius 3 is 2.73 bits per heavy atom. The molecule has 0 aromatic carbocycles. The summed E-state index contributed by atoms with van der Waals surface area (Å²) in [5.74, 6) is 4.81. The maximum Gasteiger partial charge on any atom is 0.340 e. The van der Waals surface area contributed by atoms with Gasteiger partial charge in [0.1, 0.15) is 0 Å². The summed E-state index contributed by atoms with van der Waals surface area (Å²) in [6.07, 6.45) is 5.46. The number of ether oxygens (including phenoxy) is 1. The molecule has 12 heteroatoms. The van der Waals surface area contributed by atoms with Crippen molar-refractivity contribution in [2.24, 2.45) is 12.8 Å². The second-order valence-corrected chi connectivity index (χ2v) is 10.0. The van der Waals surface area contributed by atoms with Gasteiger partial charge >= 0.3 is 11.7 Å². The lowest BCUT2D eigenvalue weighted by atomic mass is 10.1. The van der Waals surface area contributed by atoms with Crippen LogP contribution in [0.5, 0.6) is 0 Å². The van der Waals surface area contributed by atoms with Crippen molar-refractivity contribution in [3.05, 3.63) is 50.2 Å². The van der Waals surface area contributed by atoms with Gasteiger partial charge in [-0.3, -0.25) is 18.5 Å². The number of aryl methyl sites for hydroxylation is 1. The van der Waals surface area contributed by atoms with Gasteiger partial charge in [0.15, 0.2) is 11.2 Å². The predicted octanol–water partition coefficient (Wildman–Crippen LogP) is 2.17. The fourth-order valence-corrected chi connectivity index (χ4v) is 4.94. The van der Waals surface area contributed by atoms with Crippen LogP contribution in [0.1, 0.15) is 68.4 Å². The highest BCUT2D eigenvalue weighted by Crippen LogP contribution is 2.23. The molecule has 4 rings (SSSR count). The molecule has 11 nitrogen and oxygen atoms in total. The van der Waals surface area contributed by atoms with Gasteiger partial charge in [-0.15, -0.1) is 5.92 Å². The summed E-state index contributed by atoms with van der Waals surface area (Å²) in [6.45, 7) is 5.01. The van der Waals surface area contributed by atoms with Crippen LogP contribution in [0, 0.1) is 17.8 Å². The van der Waals surface area contributed by atoms with Crippen LogP contribution in [0.2, 0.25) is 0 Å². The number of pyridine rings is 1. The molecule has 0 bridgehead atoms. The van der Waals surface area contributed by atoms with E-state index in [0.29, 0.717) is 25.5 Å². The van der Waals surface area contributed by atoms with Gasteiger partial charge in [0.2, 0.25) is 11.9 Å². The first-order valence-corrected chi connectivity index (χ1v) is 13.7. The van der Waals surface area contributed by atoms with Crippen LogP contribution >= 0.6 is 0 Å². The van der Waals surface area contributed by atoms with Crippen molar-refractivity contribution in [1.82, 2.24) is 23.7 Å². The van der Waals surface area contributed by atoms with Crippen molar-refractivity contribution in [2.75, 3.05) is 24.6 Å². The van der Waals surface area contributed by atoms with Crippen molar-refractivity contribution < 1.29 is 13.9 Å². The number of anilines is 1. The van der Waals surface area contributed by atoms with E-state index in [2.05, 4.69) is 28.7 Å². The summed E-state index contributed by atoms with van der Waals surface area (Å²) < 4.78 is 23.5. The minimum absolute atomic E-state index is 0.000655. The van der Waals surface area contributed by atoms with E-state index < -0.39 is 29.7 Å². The first-order chi connectivity index (χ1) is 19.3. The smallest absolute Gasteiger partial charge is 0.340 e. The quantitative estimate of drug-likeness (QED) is 0.175. The first-order valence-electron chi connectivity index (χ1n) is 13.7. The molecule has 1 fully saturated rings. The maximum absolute atomic E-state index is 14.2. The molecule has 4 heterocycles. The Morgan fingerprint density at radius 2 is 2.00 bits per heavy atom. The van der Waals surface area contributed by atoms with Gasteiger partial charge in [0, 0.05) is 26.2 Å². The number of halogens is 1. The second-order valence-electron chi connectivity index (χ2n) is 10.0. The Morgan fingerprint density at radius 1 is 1.20 bits per heavy atom. The van der Waals surface area contributed by atoms with Gasteiger partial charge in [0.25, 0.3) is 5.56 Å². The van der Waals surface area contributed by atoms with Gasteiger partial charge in [-0.05, 0) is 38.3 Å². The average Bonchev–Trinajstić information content (AvgIpc) is 3.32. The summed E-state index contributed by atoms with van der Waals surface area (Å²) in [5, 5.41) is 0. The Balaban J connectivity index is 1.77. The third-order valence-electron chi connectivity index (χ3n) is 7.07. The summed E-state index contributed by atoms with van der Waals surface area (Å²) in [4.78, 5) is 50.6. The molecule has 0 amide bonds. The molecule has 0 radical (unpaired) electrons. The van der Waals surface area contributed by atoms with E-state index in [1.807, 2.05) is 4.90 Å². The number of hydrogen-bond donors (Lipinski definition) is 1. The topological polar surface area (TPSA) is 130 Å². The molecule has 0 spiro atoms. The highest BCUT2D eigenvalue weighted by Gasteiger charge is 2.27. The van der Waals surface area contributed by atoms with Gasteiger partial charge in [-0.2, -0.15) is 9.37 Å². The van der Waals surface area contributed by atoms with Crippen molar-refractivity contribution >= 4 is 23.1 Å². The number of carbonyl (C=O) groups is 1. The van der Waals surface area contributed by atoms with E-state index in [1.54, 1.807) is 11.5 Å². The van der Waals surface area contributed by atoms with Crippen molar-refractivity contribution in [1.29, 1.82) is 0 Å². The lowest BCUT2D eigenvalue weighted by Crippen LogP contribution is -2.44. The van der Waals surface area contributed by atoms with Crippen LogP contribution < -0.4 is 21.9 Å². The third kappa shape index (κ3) is 6.09. The molecular formula is C28H36FN7O4. The zero-order valence-corrected chi connectivity index (χ0v) is 23.3. The Labute approximate surface area is 231 Å². The van der Waals surface area contributed by atoms with E-state index >= 15 is 0 Å². The number of aromatic nitrogens is 5. The highest BCUT2D eigenvalue weighted by atomic mass is 19.1. The SMILES string of the molecule is CC#CCn1c(N2CCCC(N)C2)nc2c1c(=O)n(Cc1nc(F)ccc1C(=O)OCCCCCC)c(=O)n2C. The van der Waals surface area contributed by atoms with Crippen molar-refractivity contribution in [2.45, 2.75) is 71.5 Å². The van der Waals surface area contributed by atoms with Gasteiger partial charge in [-0.25, -0.2) is 14.6 Å². The molecule has 0 aliphatic carbocycles. The van der Waals surface area contributed by atoms with Crippen molar-refractivity contribution in [3.8, 4) is 11.8 Å². The Kier molecular flexibility index (Phi) is 9.37. The minimum atomic E-state index is -0.840. The van der Waals surface area contributed by atoms with Gasteiger partial charge < -0.3 is 15.4 Å². The molecule has 1 aliphatic rings. The number of hydrogen-bond acceptors (Lipinski definition) is 8. The van der Waals surface area contributed by atoms with E-state index in [4.69, 9.17) is 10.5 Å². The third-order valence-corrected chi connectivity index (χ3v) is 7.07. The van der Waals surface area contributed by atoms with Crippen LogP contribution in [0.15, 0.2) is 21.7 Å². The summed E-state index contributed by atoms with van der Waals surface area (Å²) in [6, 6.07) is 2.28. The fourth-order valence-electron chi connectivity index (χ4n) is 4.94. The van der Waals surface area contributed by atoms with Gasteiger partial charge in [-0.1, -0.05) is 32.1 Å². The molecular weight excluding hydrogens is 517 g/mol. The van der Waals surface area contributed by atoms with E-state index in [9.17, 15) is 18.8 Å². The largest absolute Gasteiger partial charge is 0.462 e. The molecule has 3 aromatic rings. The second kappa shape index (κ2) is 12.9. The number of nitrogens with two attached hydrogens (primary N) is 1. The molecule has 2 N–H and O–H groups in total. The molecule has 3 aromatic heterocycles. The number of rotatable bonds is 10. The minimum Gasteiger partial charge on any atom is -0.462 e. The summed E-state index contributed by atoms with van der Waals surface area (Å²) in [7, 11) is 1.51. The lowest BCUT2D eigenvalue weighted by molar-refractivity contribution is 0.0495. The monoisotopic (exact) mass is 553 g/mol. The zero-order chi connectivity index (χ0) is 28.8. The van der Waals surface area contributed by atoms with Crippen LogP contribution in [0.25, 0.3) is 11.2 Å². The highest BCUT2D eigenvalue weighted by molar-refractivity contribution is 5.90. The van der Waals surface area contributed by atoms with Crippen LogP contribution in [0.3, 0.4) is 0 Å². The van der Waals surface area contributed by atoms with Gasteiger partial charge in [0.05, 0.1) is 31.0 Å². The molecule has 1 saturated heterocycles. The molecule has 0 saturated carbocycles. The first kappa shape index (κ1) is 29.0. The lowest BCUT2D eigenvalue weighted by Gasteiger charge is -2.31. The molecule has 1 unspecified atom stereocenters. The fraction of sp³-hybridized carbons (Fsp3) is 0.536. The Hall–Kier alpha value is -3.98. The van der Waals surface area contributed by atoms with E-state index in [1.165, 1.54) is 17.7 Å². The molecule has 214 valence electrons. The van der Waals surface area contributed by atoms with Crippen LogP contribution in [0.4, 0.5) is 10.3 Å². The molecule has 40 heavy (non-hydrogen) atoms. The number of nitrogens with zero attached hydrogens (tertiary/aromatic N) is 6. The normalized spacial score (nSPS) is 15.2. The molecule has 1 atom stereocenters. The van der Waals surface area contributed by atoms with E-state index in [0.717, 1.165) is 42.7 Å². The van der Waals surface area contributed by atoms with Crippen LogP contribution in [-0.2, 0) is 24.9 Å². The number of esters is 1. The number of imidazole rings is 1. The average molecular weight is 554 g/mol. The van der Waals surface area contributed by atoms with Crippen LogP contribution in [-0.4, -0.2) is 55.4 Å². The number of piperidine rings is 1. The summed E-state index contributed by atoms with van der Waals surface area (Å²) >= 11 is 0. The maximum atomic E-state index is 14.2.